The molecule has 0 saturated carbocycles. The predicted molar refractivity (Wildman–Crippen MR) is 86.2 cm³/mol. The van der Waals surface area contributed by atoms with E-state index in [1.54, 1.807) is 12.1 Å². The molecule has 2 aromatic rings. The molecule has 0 bridgehead atoms. The molecule has 0 fully saturated rings. The van der Waals surface area contributed by atoms with Crippen LogP contribution in [0.5, 0.6) is 5.88 Å². The number of aromatic nitrogens is 2. The van der Waals surface area contributed by atoms with Crippen molar-refractivity contribution in [2.45, 2.75) is 6.42 Å². The lowest BCUT2D eigenvalue weighted by atomic mass is 10.1. The van der Waals surface area contributed by atoms with Crippen molar-refractivity contribution in [2.75, 3.05) is 6.54 Å². The van der Waals surface area contributed by atoms with Gasteiger partial charge in [0.15, 0.2) is 0 Å². The molecular weight excluding hydrogens is 306 g/mol. The van der Waals surface area contributed by atoms with Gasteiger partial charge in [-0.1, -0.05) is 23.7 Å². The van der Waals surface area contributed by atoms with Crippen LogP contribution in [0.1, 0.15) is 11.1 Å². The second kappa shape index (κ2) is 6.62. The van der Waals surface area contributed by atoms with Crippen LogP contribution in [0.3, 0.4) is 0 Å². The third-order valence-electron chi connectivity index (χ3n) is 3.33. The van der Waals surface area contributed by atoms with Gasteiger partial charge in [-0.15, -0.1) is 0 Å². The Morgan fingerprint density at radius 3 is 2.45 bits per heavy atom. The molecular formula is C15H16ClN3O3. The van der Waals surface area contributed by atoms with Crippen LogP contribution >= 0.6 is 11.6 Å². The molecule has 2 rings (SSSR count). The molecule has 0 atom stereocenters. The van der Waals surface area contributed by atoms with E-state index >= 15 is 0 Å². The van der Waals surface area contributed by atoms with E-state index in [-0.39, 0.29) is 11.4 Å². The fourth-order valence-corrected chi connectivity index (χ4v) is 2.10. The molecule has 0 unspecified atom stereocenters. The van der Waals surface area contributed by atoms with Crippen molar-refractivity contribution in [1.29, 1.82) is 0 Å². The SMILES string of the molecule is Cn1c(O)c(C=NCCc2ccc(Cl)cc2)c(=O)n(C)c1=O. The van der Waals surface area contributed by atoms with Gasteiger partial charge in [0.25, 0.3) is 5.56 Å². The third kappa shape index (κ3) is 3.28. The summed E-state index contributed by atoms with van der Waals surface area (Å²) in [5, 5.41) is 10.5. The molecule has 0 radical (unpaired) electrons. The standard InChI is InChI=1S/C15H16ClN3O3/c1-18-13(20)12(14(21)19(2)15(18)22)9-17-8-7-10-3-5-11(16)6-4-10/h3-6,9,20H,7-8H2,1-2H3. The van der Waals surface area contributed by atoms with Gasteiger partial charge in [0.05, 0.1) is 0 Å². The summed E-state index contributed by atoms with van der Waals surface area (Å²) in [4.78, 5) is 27.7. The Morgan fingerprint density at radius 1 is 1.18 bits per heavy atom. The van der Waals surface area contributed by atoms with E-state index in [1.165, 1.54) is 20.3 Å². The van der Waals surface area contributed by atoms with Crippen molar-refractivity contribution >= 4 is 17.8 Å². The minimum absolute atomic E-state index is 0.000654. The van der Waals surface area contributed by atoms with Gasteiger partial charge in [-0.3, -0.25) is 18.9 Å². The Balaban J connectivity index is 2.16. The van der Waals surface area contributed by atoms with Gasteiger partial charge in [-0.2, -0.15) is 0 Å². The van der Waals surface area contributed by atoms with Crippen LogP contribution < -0.4 is 11.2 Å². The molecule has 1 heterocycles. The number of hydrogen-bond acceptors (Lipinski definition) is 4. The molecule has 0 aliphatic heterocycles. The van der Waals surface area contributed by atoms with Crippen LogP contribution in [0.15, 0.2) is 38.8 Å². The highest BCUT2D eigenvalue weighted by Crippen LogP contribution is 2.10. The molecule has 1 aromatic carbocycles. The second-order valence-electron chi connectivity index (χ2n) is 4.85. The van der Waals surface area contributed by atoms with Crippen molar-refractivity contribution < 1.29 is 5.11 Å². The maximum atomic E-state index is 11.9. The minimum Gasteiger partial charge on any atom is -0.494 e. The molecule has 1 N–H and O–H groups in total. The lowest BCUT2D eigenvalue weighted by molar-refractivity contribution is 0.410. The normalized spacial score (nSPS) is 11.2. The van der Waals surface area contributed by atoms with Crippen LogP contribution in [-0.4, -0.2) is 27.0 Å². The van der Waals surface area contributed by atoms with E-state index in [1.807, 2.05) is 12.1 Å². The fourth-order valence-electron chi connectivity index (χ4n) is 1.97. The van der Waals surface area contributed by atoms with Crippen molar-refractivity contribution in [3.8, 4) is 5.88 Å². The molecule has 6 nitrogen and oxygen atoms in total. The van der Waals surface area contributed by atoms with Crippen LogP contribution in [-0.2, 0) is 20.5 Å². The monoisotopic (exact) mass is 321 g/mol. The largest absolute Gasteiger partial charge is 0.494 e. The van der Waals surface area contributed by atoms with Gasteiger partial charge in [-0.05, 0) is 24.1 Å². The van der Waals surface area contributed by atoms with Crippen molar-refractivity contribution in [3.63, 3.8) is 0 Å². The van der Waals surface area contributed by atoms with Crippen LogP contribution in [0.4, 0.5) is 0 Å². The number of nitrogens with zero attached hydrogens (tertiary/aromatic N) is 3. The summed E-state index contributed by atoms with van der Waals surface area (Å²) in [5.74, 6) is -0.386. The van der Waals surface area contributed by atoms with Gasteiger partial charge in [0.2, 0.25) is 5.88 Å². The summed E-state index contributed by atoms with van der Waals surface area (Å²) < 4.78 is 1.93. The first kappa shape index (κ1) is 16.0. The lowest BCUT2D eigenvalue weighted by Gasteiger charge is -2.07. The first-order valence-electron chi connectivity index (χ1n) is 6.65. The average molecular weight is 322 g/mol. The molecule has 0 aliphatic carbocycles. The Morgan fingerprint density at radius 2 is 1.82 bits per heavy atom. The number of hydrogen-bond donors (Lipinski definition) is 1. The van der Waals surface area contributed by atoms with Crippen molar-refractivity contribution in [3.05, 3.63) is 61.3 Å². The summed E-state index contributed by atoms with van der Waals surface area (Å²) in [5.41, 5.74) is -0.0866. The zero-order valence-corrected chi connectivity index (χ0v) is 13.0. The van der Waals surface area contributed by atoms with Crippen molar-refractivity contribution in [2.24, 2.45) is 19.1 Å². The van der Waals surface area contributed by atoms with Crippen LogP contribution in [0.2, 0.25) is 5.02 Å². The van der Waals surface area contributed by atoms with E-state index in [4.69, 9.17) is 11.6 Å². The molecule has 22 heavy (non-hydrogen) atoms. The zero-order chi connectivity index (χ0) is 16.3. The first-order chi connectivity index (χ1) is 10.4. The summed E-state index contributed by atoms with van der Waals surface area (Å²) in [6, 6.07) is 7.41. The van der Waals surface area contributed by atoms with Gasteiger partial charge < -0.3 is 5.11 Å². The van der Waals surface area contributed by atoms with Crippen LogP contribution in [0.25, 0.3) is 0 Å². The molecule has 0 saturated heterocycles. The van der Waals surface area contributed by atoms with E-state index < -0.39 is 11.2 Å². The van der Waals surface area contributed by atoms with Gasteiger partial charge in [0.1, 0.15) is 5.56 Å². The summed E-state index contributed by atoms with van der Waals surface area (Å²) in [6.07, 6.45) is 1.98. The first-order valence-corrected chi connectivity index (χ1v) is 7.03. The van der Waals surface area contributed by atoms with E-state index in [2.05, 4.69) is 4.99 Å². The smallest absolute Gasteiger partial charge is 0.333 e. The molecule has 0 amide bonds. The molecule has 116 valence electrons. The number of halogens is 1. The maximum absolute atomic E-state index is 11.9. The molecule has 0 aliphatic rings. The summed E-state index contributed by atoms with van der Waals surface area (Å²) >= 11 is 5.81. The Bertz CT molecular complexity index is 820. The van der Waals surface area contributed by atoms with Gasteiger partial charge >= 0.3 is 5.69 Å². The minimum atomic E-state index is -0.583. The van der Waals surface area contributed by atoms with E-state index in [9.17, 15) is 14.7 Å². The molecule has 0 spiro atoms. The molecule has 1 aromatic heterocycles. The zero-order valence-electron chi connectivity index (χ0n) is 12.3. The van der Waals surface area contributed by atoms with E-state index in [0.29, 0.717) is 18.0 Å². The third-order valence-corrected chi connectivity index (χ3v) is 3.58. The summed E-state index contributed by atoms with van der Waals surface area (Å²) in [7, 11) is 2.75. The lowest BCUT2D eigenvalue weighted by Crippen LogP contribution is -2.38. The van der Waals surface area contributed by atoms with Gasteiger partial charge in [0, 0.05) is 31.9 Å². The predicted octanol–water partition coefficient (Wildman–Crippen LogP) is 1.10. The Labute approximate surface area is 131 Å². The number of benzene rings is 1. The Kier molecular flexibility index (Phi) is 4.82. The highest BCUT2D eigenvalue weighted by molar-refractivity contribution is 6.30. The fraction of sp³-hybridized carbons (Fsp3) is 0.267. The van der Waals surface area contributed by atoms with E-state index in [0.717, 1.165) is 14.7 Å². The number of rotatable bonds is 4. The number of aliphatic imine (C=N–C) groups is 1. The number of aromatic hydroxyl groups is 1. The second-order valence-corrected chi connectivity index (χ2v) is 5.29. The maximum Gasteiger partial charge on any atom is 0.333 e. The van der Waals surface area contributed by atoms with Crippen molar-refractivity contribution in [1.82, 2.24) is 9.13 Å². The highest BCUT2D eigenvalue weighted by atomic mass is 35.5. The summed E-state index contributed by atoms with van der Waals surface area (Å²) in [6.45, 7) is 0.451. The van der Waals surface area contributed by atoms with Gasteiger partial charge in [-0.25, -0.2) is 4.79 Å². The topological polar surface area (TPSA) is 76.6 Å². The Hall–Kier alpha value is -2.34. The quantitative estimate of drug-likeness (QED) is 0.857. The molecule has 7 heteroatoms. The van der Waals surface area contributed by atoms with Crippen LogP contribution in [0, 0.1) is 0 Å². The average Bonchev–Trinajstić information content (AvgIpc) is 2.52. The highest BCUT2D eigenvalue weighted by Gasteiger charge is 2.12.